The second-order valence-corrected chi connectivity index (χ2v) is 4.93. The van der Waals surface area contributed by atoms with Gasteiger partial charge in [-0.3, -0.25) is 0 Å². The molecule has 2 N–H and O–H groups in total. The average molecular weight is 321 g/mol. The van der Waals surface area contributed by atoms with Crippen molar-refractivity contribution >= 4 is 27.7 Å². The number of aryl methyl sites for hydroxylation is 1. The number of ether oxygens (including phenoxy) is 1. The van der Waals surface area contributed by atoms with E-state index in [9.17, 15) is 4.79 Å². The smallest absolute Gasteiger partial charge is 0.338 e. The van der Waals surface area contributed by atoms with E-state index in [2.05, 4.69) is 20.9 Å². The van der Waals surface area contributed by atoms with Crippen LogP contribution in [0.2, 0.25) is 0 Å². The van der Waals surface area contributed by atoms with Gasteiger partial charge in [-0.15, -0.1) is 0 Å². The molecule has 0 aliphatic carbocycles. The lowest BCUT2D eigenvalue weighted by atomic mass is 10.0. The summed E-state index contributed by atoms with van der Waals surface area (Å²) >= 11 is 3.46. The molecule has 2 aromatic rings. The van der Waals surface area contributed by atoms with Crippen molar-refractivity contribution in [1.29, 1.82) is 0 Å². The number of methoxy groups -OCH3 is 1. The highest BCUT2D eigenvalue weighted by Gasteiger charge is 2.13. The number of benzene rings is 1. The van der Waals surface area contributed by atoms with Crippen LogP contribution in [0.15, 0.2) is 34.9 Å². The quantitative estimate of drug-likeness (QED) is 0.863. The third-order valence-corrected chi connectivity index (χ3v) is 3.51. The average Bonchev–Trinajstić information content (AvgIpc) is 2.38. The minimum atomic E-state index is -0.345. The molecule has 19 heavy (non-hydrogen) atoms. The number of nitrogens with zero attached hydrogens (tertiary/aromatic N) is 1. The molecule has 0 spiro atoms. The summed E-state index contributed by atoms with van der Waals surface area (Å²) in [5, 5.41) is 0. The van der Waals surface area contributed by atoms with Gasteiger partial charge < -0.3 is 10.5 Å². The number of hydrogen-bond donors (Lipinski definition) is 1. The number of hydrogen-bond acceptors (Lipinski definition) is 4. The summed E-state index contributed by atoms with van der Waals surface area (Å²) in [6.45, 7) is 1.86. The van der Waals surface area contributed by atoms with E-state index in [1.165, 1.54) is 7.11 Å². The van der Waals surface area contributed by atoms with Crippen LogP contribution in [0.4, 0.5) is 5.82 Å². The number of pyridine rings is 1. The third kappa shape index (κ3) is 2.61. The minimum Gasteiger partial charge on any atom is -0.465 e. The van der Waals surface area contributed by atoms with Gasteiger partial charge in [-0.2, -0.15) is 0 Å². The van der Waals surface area contributed by atoms with Crippen molar-refractivity contribution in [2.24, 2.45) is 0 Å². The van der Waals surface area contributed by atoms with Gasteiger partial charge in [-0.05, 0) is 46.1 Å². The highest BCUT2D eigenvalue weighted by Crippen LogP contribution is 2.33. The summed E-state index contributed by atoms with van der Waals surface area (Å²) in [6, 6.07) is 7.28. The molecule has 98 valence electrons. The number of nitrogen functional groups attached to an aromatic ring is 1. The molecule has 1 heterocycles. The number of anilines is 1. The van der Waals surface area contributed by atoms with Crippen molar-refractivity contribution in [2.45, 2.75) is 6.92 Å². The SMILES string of the molecule is COC(=O)c1ccc(-c2c(Br)ccnc2N)cc1C. The highest BCUT2D eigenvalue weighted by molar-refractivity contribution is 9.10. The highest BCUT2D eigenvalue weighted by atomic mass is 79.9. The predicted molar refractivity (Wildman–Crippen MR) is 77.9 cm³/mol. The largest absolute Gasteiger partial charge is 0.465 e. The summed E-state index contributed by atoms with van der Waals surface area (Å²) in [5.41, 5.74) is 9.00. The first-order chi connectivity index (χ1) is 9.04. The zero-order valence-corrected chi connectivity index (χ0v) is 12.2. The lowest BCUT2D eigenvalue weighted by Gasteiger charge is -2.10. The Kier molecular flexibility index (Phi) is 3.85. The normalized spacial score (nSPS) is 10.3. The number of nitrogens with two attached hydrogens (primary N) is 1. The number of esters is 1. The van der Waals surface area contributed by atoms with E-state index in [1.54, 1.807) is 12.3 Å². The van der Waals surface area contributed by atoms with E-state index in [4.69, 9.17) is 10.5 Å². The number of halogens is 1. The van der Waals surface area contributed by atoms with Crippen LogP contribution in [-0.2, 0) is 4.74 Å². The Morgan fingerprint density at radius 1 is 1.37 bits per heavy atom. The molecule has 1 aromatic carbocycles. The van der Waals surface area contributed by atoms with Crippen LogP contribution in [0.5, 0.6) is 0 Å². The van der Waals surface area contributed by atoms with Crippen molar-refractivity contribution < 1.29 is 9.53 Å². The van der Waals surface area contributed by atoms with Gasteiger partial charge in [0, 0.05) is 16.2 Å². The Bertz CT molecular complexity index is 621. The van der Waals surface area contributed by atoms with Crippen molar-refractivity contribution in [3.8, 4) is 11.1 Å². The second kappa shape index (κ2) is 5.40. The molecule has 2 rings (SSSR count). The monoisotopic (exact) mass is 320 g/mol. The van der Waals surface area contributed by atoms with Gasteiger partial charge >= 0.3 is 5.97 Å². The maximum Gasteiger partial charge on any atom is 0.338 e. The van der Waals surface area contributed by atoms with Gasteiger partial charge in [0.15, 0.2) is 0 Å². The summed E-state index contributed by atoms with van der Waals surface area (Å²) in [5.74, 6) is 0.0990. The molecule has 1 aromatic heterocycles. The standard InChI is InChI=1S/C14H13BrN2O2/c1-8-7-9(3-4-10(8)14(18)19-2)12-11(15)5-6-17-13(12)16/h3-7H,1-2H3,(H2,16,17). The molecule has 0 atom stereocenters. The van der Waals surface area contributed by atoms with E-state index in [0.717, 1.165) is 21.2 Å². The van der Waals surface area contributed by atoms with Gasteiger partial charge in [0.1, 0.15) is 5.82 Å². The van der Waals surface area contributed by atoms with E-state index in [-0.39, 0.29) is 5.97 Å². The Morgan fingerprint density at radius 3 is 2.68 bits per heavy atom. The lowest BCUT2D eigenvalue weighted by molar-refractivity contribution is 0.0600. The van der Waals surface area contributed by atoms with Gasteiger partial charge in [-0.1, -0.05) is 12.1 Å². The molecule has 0 fully saturated rings. The van der Waals surface area contributed by atoms with E-state index >= 15 is 0 Å². The Hall–Kier alpha value is -1.88. The Labute approximate surface area is 119 Å². The Morgan fingerprint density at radius 2 is 2.11 bits per heavy atom. The molecular weight excluding hydrogens is 308 g/mol. The molecule has 4 nitrogen and oxygen atoms in total. The van der Waals surface area contributed by atoms with Gasteiger partial charge in [0.25, 0.3) is 0 Å². The number of aromatic nitrogens is 1. The van der Waals surface area contributed by atoms with Crippen molar-refractivity contribution in [2.75, 3.05) is 12.8 Å². The van der Waals surface area contributed by atoms with Crippen LogP contribution in [0.25, 0.3) is 11.1 Å². The van der Waals surface area contributed by atoms with Crippen LogP contribution >= 0.6 is 15.9 Å². The first-order valence-corrected chi connectivity index (χ1v) is 6.43. The lowest BCUT2D eigenvalue weighted by Crippen LogP contribution is -2.04. The van der Waals surface area contributed by atoms with E-state index < -0.39 is 0 Å². The zero-order valence-electron chi connectivity index (χ0n) is 10.6. The second-order valence-electron chi connectivity index (χ2n) is 4.07. The molecule has 0 aliphatic heterocycles. The molecular formula is C14H13BrN2O2. The van der Waals surface area contributed by atoms with Crippen molar-refractivity contribution in [3.05, 3.63) is 46.1 Å². The molecule has 0 unspecified atom stereocenters. The third-order valence-electron chi connectivity index (χ3n) is 2.85. The number of carbonyl (C=O) groups excluding carboxylic acids is 1. The van der Waals surface area contributed by atoms with Crippen LogP contribution < -0.4 is 5.73 Å². The van der Waals surface area contributed by atoms with Crippen molar-refractivity contribution in [3.63, 3.8) is 0 Å². The maximum atomic E-state index is 11.5. The summed E-state index contributed by atoms with van der Waals surface area (Å²) in [4.78, 5) is 15.6. The van der Waals surface area contributed by atoms with E-state index in [0.29, 0.717) is 11.4 Å². The van der Waals surface area contributed by atoms with Crippen molar-refractivity contribution in [1.82, 2.24) is 4.98 Å². The fourth-order valence-electron chi connectivity index (χ4n) is 1.90. The van der Waals surface area contributed by atoms with Crippen LogP contribution in [-0.4, -0.2) is 18.1 Å². The minimum absolute atomic E-state index is 0.345. The first kappa shape index (κ1) is 13.5. The fraction of sp³-hybridized carbons (Fsp3) is 0.143. The zero-order chi connectivity index (χ0) is 14.0. The van der Waals surface area contributed by atoms with Gasteiger partial charge in [-0.25, -0.2) is 9.78 Å². The first-order valence-electron chi connectivity index (χ1n) is 5.64. The van der Waals surface area contributed by atoms with E-state index in [1.807, 2.05) is 25.1 Å². The van der Waals surface area contributed by atoms with Crippen LogP contribution in [0, 0.1) is 6.92 Å². The summed E-state index contributed by atoms with van der Waals surface area (Å²) in [6.07, 6.45) is 1.64. The van der Waals surface area contributed by atoms with Gasteiger partial charge in [0.05, 0.1) is 12.7 Å². The molecule has 0 amide bonds. The predicted octanol–water partition coefficient (Wildman–Crippen LogP) is 3.19. The Balaban J connectivity index is 2.54. The van der Waals surface area contributed by atoms with Gasteiger partial charge in [0.2, 0.25) is 0 Å². The number of rotatable bonds is 2. The molecule has 5 heteroatoms. The molecule has 0 bridgehead atoms. The molecule has 0 radical (unpaired) electrons. The van der Waals surface area contributed by atoms with Crippen LogP contribution in [0.1, 0.15) is 15.9 Å². The summed E-state index contributed by atoms with van der Waals surface area (Å²) < 4.78 is 5.59. The number of carbonyl (C=O) groups is 1. The summed E-state index contributed by atoms with van der Waals surface area (Å²) in [7, 11) is 1.37. The van der Waals surface area contributed by atoms with Crippen LogP contribution in [0.3, 0.4) is 0 Å². The molecule has 0 aliphatic rings. The molecule has 0 saturated heterocycles. The fourth-order valence-corrected chi connectivity index (χ4v) is 2.45. The topological polar surface area (TPSA) is 65.2 Å². The maximum absolute atomic E-state index is 11.5. The molecule has 0 saturated carbocycles.